The van der Waals surface area contributed by atoms with Crippen LogP contribution in [0.25, 0.3) is 15.3 Å². The molecular formula is C16H18N4O2S. The number of rotatable bonds is 5. The number of fused-ring (bicyclic) bond motifs is 1. The zero-order chi connectivity index (χ0) is 16.4. The number of aryl methyl sites for hydroxylation is 1. The molecule has 7 heteroatoms. The molecule has 0 saturated heterocycles. The number of ether oxygens (including phenoxy) is 1. The molecule has 0 aliphatic rings. The third kappa shape index (κ3) is 3.05. The van der Waals surface area contributed by atoms with Crippen molar-refractivity contribution in [3.05, 3.63) is 30.0 Å². The number of aromatic nitrogens is 3. The highest BCUT2D eigenvalue weighted by molar-refractivity contribution is 7.20. The van der Waals surface area contributed by atoms with Crippen LogP contribution < -0.4 is 10.1 Å². The van der Waals surface area contributed by atoms with E-state index in [0.29, 0.717) is 24.0 Å². The minimum Gasteiger partial charge on any atom is -0.492 e. The number of nitrogens with zero attached hydrogens (tertiary/aromatic N) is 3. The van der Waals surface area contributed by atoms with Crippen molar-refractivity contribution in [3.63, 3.8) is 0 Å². The Morgan fingerprint density at radius 2 is 2.22 bits per heavy atom. The van der Waals surface area contributed by atoms with Gasteiger partial charge in [0.2, 0.25) is 11.0 Å². The van der Waals surface area contributed by atoms with Gasteiger partial charge in [0.1, 0.15) is 17.1 Å². The summed E-state index contributed by atoms with van der Waals surface area (Å²) in [6, 6.07) is 7.69. The van der Waals surface area contributed by atoms with Crippen LogP contribution in [0.4, 0.5) is 5.82 Å². The number of anilines is 1. The van der Waals surface area contributed by atoms with E-state index in [2.05, 4.69) is 15.4 Å². The van der Waals surface area contributed by atoms with Crippen LogP contribution in [0.2, 0.25) is 0 Å². The number of carbonyl (C=O) groups excluding carboxylic acids is 1. The van der Waals surface area contributed by atoms with Gasteiger partial charge in [-0.3, -0.25) is 4.79 Å². The molecule has 0 aliphatic heterocycles. The highest BCUT2D eigenvalue weighted by atomic mass is 32.1. The molecule has 0 unspecified atom stereocenters. The Hall–Kier alpha value is -2.41. The van der Waals surface area contributed by atoms with Gasteiger partial charge in [-0.15, -0.1) is 0 Å². The lowest BCUT2D eigenvalue weighted by atomic mass is 10.3. The second kappa shape index (κ2) is 6.37. The zero-order valence-electron chi connectivity index (χ0n) is 13.3. The molecule has 2 heterocycles. The first-order valence-corrected chi connectivity index (χ1v) is 8.33. The zero-order valence-corrected chi connectivity index (χ0v) is 14.1. The molecule has 120 valence electrons. The molecule has 3 rings (SSSR count). The maximum Gasteiger partial charge on any atom is 0.225 e. The standard InChI is InChI=1S/C16H18N4O2S/c1-4-14(21)17-13-9-10(3)19-20(13)16-18-15-11(22-5-2)7-6-8-12(15)23-16/h6-9H,4-5H2,1-3H3,(H,17,21). The Kier molecular flexibility index (Phi) is 4.29. The molecule has 0 aliphatic carbocycles. The Labute approximate surface area is 138 Å². The molecule has 2 aromatic heterocycles. The van der Waals surface area contributed by atoms with Crippen molar-refractivity contribution in [2.24, 2.45) is 0 Å². The first kappa shape index (κ1) is 15.5. The molecule has 0 atom stereocenters. The summed E-state index contributed by atoms with van der Waals surface area (Å²) in [4.78, 5) is 16.3. The molecular weight excluding hydrogens is 312 g/mol. The summed E-state index contributed by atoms with van der Waals surface area (Å²) in [7, 11) is 0. The summed E-state index contributed by atoms with van der Waals surface area (Å²) in [6.07, 6.45) is 0.415. The van der Waals surface area contributed by atoms with E-state index >= 15 is 0 Å². The van der Waals surface area contributed by atoms with Gasteiger partial charge in [0.05, 0.1) is 17.0 Å². The smallest absolute Gasteiger partial charge is 0.225 e. The van der Waals surface area contributed by atoms with Gasteiger partial charge < -0.3 is 10.1 Å². The van der Waals surface area contributed by atoms with E-state index in [-0.39, 0.29) is 5.91 Å². The van der Waals surface area contributed by atoms with E-state index in [9.17, 15) is 4.79 Å². The monoisotopic (exact) mass is 330 g/mol. The number of nitrogens with one attached hydrogen (secondary N) is 1. The molecule has 0 bridgehead atoms. The SMILES string of the molecule is CCOc1cccc2sc(-n3nc(C)cc3NC(=O)CC)nc12. The van der Waals surface area contributed by atoms with Crippen LogP contribution in [0.3, 0.4) is 0 Å². The summed E-state index contributed by atoms with van der Waals surface area (Å²) < 4.78 is 8.32. The van der Waals surface area contributed by atoms with E-state index in [4.69, 9.17) is 4.74 Å². The summed E-state index contributed by atoms with van der Waals surface area (Å²) in [5, 5.41) is 8.01. The van der Waals surface area contributed by atoms with Crippen molar-refractivity contribution < 1.29 is 9.53 Å². The van der Waals surface area contributed by atoms with Crippen LogP contribution in [0.5, 0.6) is 5.75 Å². The normalized spacial score (nSPS) is 10.9. The Morgan fingerprint density at radius 1 is 1.39 bits per heavy atom. The van der Waals surface area contributed by atoms with Gasteiger partial charge >= 0.3 is 0 Å². The molecule has 6 nitrogen and oxygen atoms in total. The average molecular weight is 330 g/mol. The molecule has 23 heavy (non-hydrogen) atoms. The van der Waals surface area contributed by atoms with Gasteiger partial charge in [-0.25, -0.2) is 4.98 Å². The first-order valence-electron chi connectivity index (χ1n) is 7.51. The third-order valence-electron chi connectivity index (χ3n) is 3.27. The number of hydrogen-bond donors (Lipinski definition) is 1. The molecule has 1 aromatic carbocycles. The minimum atomic E-state index is -0.0535. The van der Waals surface area contributed by atoms with Crippen molar-refractivity contribution >= 4 is 33.3 Å². The molecule has 1 amide bonds. The van der Waals surface area contributed by atoms with Crippen molar-refractivity contribution in [1.82, 2.24) is 14.8 Å². The number of para-hydroxylation sites is 1. The Balaban J connectivity index is 2.07. The fourth-order valence-electron chi connectivity index (χ4n) is 2.24. The minimum absolute atomic E-state index is 0.0535. The second-order valence-corrected chi connectivity index (χ2v) is 6.03. The fraction of sp³-hybridized carbons (Fsp3) is 0.312. The van der Waals surface area contributed by atoms with E-state index < -0.39 is 0 Å². The lowest BCUT2D eigenvalue weighted by Gasteiger charge is -2.04. The third-order valence-corrected chi connectivity index (χ3v) is 4.27. The molecule has 1 N–H and O–H groups in total. The van der Waals surface area contributed by atoms with Crippen molar-refractivity contribution in [1.29, 1.82) is 0 Å². The molecule has 3 aromatic rings. The van der Waals surface area contributed by atoms with Crippen LogP contribution >= 0.6 is 11.3 Å². The summed E-state index contributed by atoms with van der Waals surface area (Å²) in [5.74, 6) is 1.34. The van der Waals surface area contributed by atoms with Crippen molar-refractivity contribution in [2.45, 2.75) is 27.2 Å². The fourth-order valence-corrected chi connectivity index (χ4v) is 3.19. The van der Waals surface area contributed by atoms with E-state index in [1.807, 2.05) is 45.0 Å². The topological polar surface area (TPSA) is 69.0 Å². The lowest BCUT2D eigenvalue weighted by Crippen LogP contribution is -2.13. The molecule has 0 radical (unpaired) electrons. The van der Waals surface area contributed by atoms with Gasteiger partial charge in [-0.2, -0.15) is 9.78 Å². The number of carbonyl (C=O) groups is 1. The largest absolute Gasteiger partial charge is 0.492 e. The number of hydrogen-bond acceptors (Lipinski definition) is 5. The van der Waals surface area contributed by atoms with Crippen LogP contribution in [0.15, 0.2) is 24.3 Å². The maximum atomic E-state index is 11.7. The van der Waals surface area contributed by atoms with Gasteiger partial charge in [0.25, 0.3) is 0 Å². The van der Waals surface area contributed by atoms with Gasteiger partial charge in [-0.05, 0) is 26.0 Å². The molecule has 0 spiro atoms. The van der Waals surface area contributed by atoms with Gasteiger partial charge in [0, 0.05) is 12.5 Å². The maximum absolute atomic E-state index is 11.7. The lowest BCUT2D eigenvalue weighted by molar-refractivity contribution is -0.115. The van der Waals surface area contributed by atoms with Crippen LogP contribution in [-0.2, 0) is 4.79 Å². The quantitative estimate of drug-likeness (QED) is 0.777. The summed E-state index contributed by atoms with van der Waals surface area (Å²) in [5.41, 5.74) is 1.64. The first-order chi connectivity index (χ1) is 11.1. The van der Waals surface area contributed by atoms with Crippen LogP contribution in [0, 0.1) is 6.92 Å². The van der Waals surface area contributed by atoms with Crippen LogP contribution in [-0.4, -0.2) is 27.3 Å². The number of amides is 1. The van der Waals surface area contributed by atoms with Gasteiger partial charge in [-0.1, -0.05) is 24.3 Å². The predicted molar refractivity (Wildman–Crippen MR) is 91.6 cm³/mol. The average Bonchev–Trinajstić information content (AvgIpc) is 3.11. The molecule has 0 saturated carbocycles. The number of thiazole rings is 1. The van der Waals surface area contributed by atoms with E-state index in [1.54, 1.807) is 4.68 Å². The number of benzene rings is 1. The highest BCUT2D eigenvalue weighted by Crippen LogP contribution is 2.32. The van der Waals surface area contributed by atoms with Crippen molar-refractivity contribution in [2.75, 3.05) is 11.9 Å². The highest BCUT2D eigenvalue weighted by Gasteiger charge is 2.15. The summed E-state index contributed by atoms with van der Waals surface area (Å²) in [6.45, 7) is 6.23. The second-order valence-electron chi connectivity index (χ2n) is 5.02. The predicted octanol–water partition coefficient (Wildman–Crippen LogP) is 3.54. The van der Waals surface area contributed by atoms with Crippen molar-refractivity contribution in [3.8, 4) is 10.9 Å². The summed E-state index contributed by atoms with van der Waals surface area (Å²) >= 11 is 1.51. The Bertz CT molecular complexity index is 853. The van der Waals surface area contributed by atoms with Crippen LogP contribution in [0.1, 0.15) is 26.0 Å². The van der Waals surface area contributed by atoms with E-state index in [1.165, 1.54) is 11.3 Å². The Morgan fingerprint density at radius 3 is 2.96 bits per heavy atom. The van der Waals surface area contributed by atoms with Gasteiger partial charge in [0.15, 0.2) is 0 Å². The van der Waals surface area contributed by atoms with E-state index in [0.717, 1.165) is 21.7 Å². The molecule has 0 fully saturated rings.